The predicted octanol–water partition coefficient (Wildman–Crippen LogP) is 3.45. The molecule has 5 heteroatoms. The lowest BCUT2D eigenvalue weighted by Crippen LogP contribution is -1.86. The fourth-order valence-corrected chi connectivity index (χ4v) is 2.48. The second kappa shape index (κ2) is 4.64. The molecular weight excluding hydrogens is 288 g/mol. The van der Waals surface area contributed by atoms with Gasteiger partial charge in [0.05, 0.1) is 22.8 Å². The molecule has 3 nitrogen and oxygen atoms in total. The summed E-state index contributed by atoms with van der Waals surface area (Å²) in [5, 5.41) is 8.92. The van der Waals surface area contributed by atoms with Crippen molar-refractivity contribution in [3.8, 4) is 23.1 Å². The van der Waals surface area contributed by atoms with Gasteiger partial charge in [-0.3, -0.25) is 0 Å². The van der Waals surface area contributed by atoms with E-state index >= 15 is 0 Å². The second-order valence-corrected chi connectivity index (χ2v) is 4.70. The van der Waals surface area contributed by atoms with Crippen LogP contribution in [0.15, 0.2) is 28.2 Å². The first kappa shape index (κ1) is 11.1. The van der Waals surface area contributed by atoms with Crippen molar-refractivity contribution in [2.75, 3.05) is 7.11 Å². The zero-order valence-corrected chi connectivity index (χ0v) is 10.8. The third-order valence-corrected chi connectivity index (χ3v) is 3.45. The van der Waals surface area contributed by atoms with Gasteiger partial charge in [0.15, 0.2) is 0 Å². The predicted molar refractivity (Wildman–Crippen MR) is 66.5 cm³/mol. The van der Waals surface area contributed by atoms with E-state index in [4.69, 9.17) is 10.00 Å². The highest BCUT2D eigenvalue weighted by molar-refractivity contribution is 9.10. The smallest absolute Gasteiger partial charge is 0.133 e. The van der Waals surface area contributed by atoms with E-state index in [0.29, 0.717) is 4.88 Å². The molecule has 0 fully saturated rings. The lowest BCUT2D eigenvalue weighted by molar-refractivity contribution is 0.412. The second-order valence-electron chi connectivity index (χ2n) is 2.99. The fraction of sp³-hybridized carbons (Fsp3) is 0.0909. The number of aromatic nitrogens is 1. The molecule has 1 aromatic heterocycles. The Hall–Kier alpha value is -1.38. The van der Waals surface area contributed by atoms with Crippen LogP contribution in [0.2, 0.25) is 0 Å². The van der Waals surface area contributed by atoms with Gasteiger partial charge in [-0.05, 0) is 34.1 Å². The number of hydrogen-bond acceptors (Lipinski definition) is 4. The molecule has 1 aromatic carbocycles. The van der Waals surface area contributed by atoms with Crippen LogP contribution in [0.3, 0.4) is 0 Å². The van der Waals surface area contributed by atoms with Crippen LogP contribution >= 0.6 is 27.3 Å². The zero-order chi connectivity index (χ0) is 11.5. The van der Waals surface area contributed by atoms with E-state index in [1.54, 1.807) is 12.6 Å². The normalized spacial score (nSPS) is 9.81. The summed E-state index contributed by atoms with van der Waals surface area (Å²) in [7, 11) is 1.61. The fourth-order valence-electron chi connectivity index (χ4n) is 1.34. The third-order valence-electron chi connectivity index (χ3n) is 2.09. The van der Waals surface area contributed by atoms with Gasteiger partial charge >= 0.3 is 0 Å². The van der Waals surface area contributed by atoms with Crippen molar-refractivity contribution in [2.45, 2.75) is 0 Å². The molecule has 0 N–H and O–H groups in total. The van der Waals surface area contributed by atoms with Crippen molar-refractivity contribution in [1.29, 1.82) is 5.26 Å². The highest BCUT2D eigenvalue weighted by atomic mass is 79.9. The molecule has 0 saturated heterocycles. The first-order valence-corrected chi connectivity index (χ1v) is 6.11. The SMILES string of the molecule is COc1ccc(-c2ncsc2C#N)cc1Br. The minimum absolute atomic E-state index is 0.622. The molecule has 0 aliphatic heterocycles. The van der Waals surface area contributed by atoms with Crippen molar-refractivity contribution in [3.05, 3.63) is 33.1 Å². The van der Waals surface area contributed by atoms with Crippen LogP contribution in [-0.2, 0) is 0 Å². The summed E-state index contributed by atoms with van der Waals surface area (Å²) in [6, 6.07) is 7.76. The summed E-state index contributed by atoms with van der Waals surface area (Å²) in [6.45, 7) is 0. The Balaban J connectivity index is 2.50. The molecule has 0 aliphatic rings. The quantitative estimate of drug-likeness (QED) is 0.852. The number of methoxy groups -OCH3 is 1. The third kappa shape index (κ3) is 1.94. The van der Waals surface area contributed by atoms with E-state index in [9.17, 15) is 0 Å². The molecule has 2 aromatic rings. The maximum absolute atomic E-state index is 8.92. The first-order chi connectivity index (χ1) is 7.76. The Morgan fingerprint density at radius 1 is 1.50 bits per heavy atom. The van der Waals surface area contributed by atoms with E-state index in [0.717, 1.165) is 21.5 Å². The number of nitriles is 1. The van der Waals surface area contributed by atoms with E-state index in [-0.39, 0.29) is 0 Å². The number of benzene rings is 1. The summed E-state index contributed by atoms with van der Waals surface area (Å²) in [6.07, 6.45) is 0. The molecule has 16 heavy (non-hydrogen) atoms. The standard InChI is InChI=1S/C11H7BrN2OS/c1-15-9-3-2-7(4-8(9)12)11-10(5-13)16-6-14-11/h2-4,6H,1H3. The number of ether oxygens (including phenoxy) is 1. The average molecular weight is 295 g/mol. The molecule has 0 spiro atoms. The highest BCUT2D eigenvalue weighted by Gasteiger charge is 2.10. The lowest BCUT2D eigenvalue weighted by atomic mass is 10.1. The highest BCUT2D eigenvalue weighted by Crippen LogP contribution is 2.32. The van der Waals surface area contributed by atoms with E-state index in [1.807, 2.05) is 18.2 Å². The Morgan fingerprint density at radius 2 is 2.31 bits per heavy atom. The molecule has 0 unspecified atom stereocenters. The summed E-state index contributed by atoms with van der Waals surface area (Å²) in [4.78, 5) is 4.81. The van der Waals surface area contributed by atoms with Gasteiger partial charge in [0.1, 0.15) is 16.7 Å². The van der Waals surface area contributed by atoms with Crippen LogP contribution in [0, 0.1) is 11.3 Å². The number of halogens is 1. The van der Waals surface area contributed by atoms with Crippen LogP contribution in [0.1, 0.15) is 4.88 Å². The molecule has 0 amide bonds. The van der Waals surface area contributed by atoms with Crippen LogP contribution in [0.4, 0.5) is 0 Å². The molecule has 0 atom stereocenters. The van der Waals surface area contributed by atoms with E-state index < -0.39 is 0 Å². The molecule has 80 valence electrons. The average Bonchev–Trinajstić information content (AvgIpc) is 2.77. The van der Waals surface area contributed by atoms with Crippen LogP contribution < -0.4 is 4.74 Å². The maximum Gasteiger partial charge on any atom is 0.133 e. The number of thiazole rings is 1. The largest absolute Gasteiger partial charge is 0.496 e. The van der Waals surface area contributed by atoms with Crippen LogP contribution in [0.5, 0.6) is 5.75 Å². The molecule has 0 bridgehead atoms. The Labute approximate surface area is 105 Å². The number of hydrogen-bond donors (Lipinski definition) is 0. The van der Waals surface area contributed by atoms with Gasteiger partial charge in [-0.2, -0.15) is 5.26 Å². The first-order valence-electron chi connectivity index (χ1n) is 4.43. The van der Waals surface area contributed by atoms with Gasteiger partial charge in [-0.15, -0.1) is 11.3 Å². The van der Waals surface area contributed by atoms with Gasteiger partial charge in [-0.1, -0.05) is 0 Å². The molecular formula is C11H7BrN2OS. The summed E-state index contributed by atoms with van der Waals surface area (Å²) in [5.41, 5.74) is 3.30. The van der Waals surface area contributed by atoms with Crippen molar-refractivity contribution in [1.82, 2.24) is 4.98 Å². The maximum atomic E-state index is 8.92. The van der Waals surface area contributed by atoms with Crippen LogP contribution in [0.25, 0.3) is 11.3 Å². The minimum atomic E-state index is 0.622. The molecule has 0 saturated carbocycles. The van der Waals surface area contributed by atoms with Crippen molar-refractivity contribution in [2.24, 2.45) is 0 Å². The van der Waals surface area contributed by atoms with Crippen LogP contribution in [-0.4, -0.2) is 12.1 Å². The van der Waals surface area contributed by atoms with Crippen molar-refractivity contribution >= 4 is 27.3 Å². The Morgan fingerprint density at radius 3 is 2.94 bits per heavy atom. The number of rotatable bonds is 2. The van der Waals surface area contributed by atoms with Gasteiger partial charge in [0.2, 0.25) is 0 Å². The molecule has 0 radical (unpaired) electrons. The van der Waals surface area contributed by atoms with Gasteiger partial charge < -0.3 is 4.74 Å². The van der Waals surface area contributed by atoms with Gasteiger partial charge in [0, 0.05) is 5.56 Å². The van der Waals surface area contributed by atoms with Gasteiger partial charge in [0.25, 0.3) is 0 Å². The Kier molecular flexibility index (Phi) is 3.22. The molecule has 2 rings (SSSR count). The van der Waals surface area contributed by atoms with Crippen molar-refractivity contribution in [3.63, 3.8) is 0 Å². The topological polar surface area (TPSA) is 45.9 Å². The van der Waals surface area contributed by atoms with Gasteiger partial charge in [-0.25, -0.2) is 4.98 Å². The Bertz CT molecular complexity index is 559. The summed E-state index contributed by atoms with van der Waals surface area (Å²) < 4.78 is 6.00. The molecule has 0 aliphatic carbocycles. The summed E-state index contributed by atoms with van der Waals surface area (Å²) in [5.74, 6) is 0.762. The monoisotopic (exact) mass is 294 g/mol. The molecule has 1 heterocycles. The lowest BCUT2D eigenvalue weighted by Gasteiger charge is -2.04. The minimum Gasteiger partial charge on any atom is -0.496 e. The van der Waals surface area contributed by atoms with E-state index in [1.165, 1.54) is 11.3 Å². The van der Waals surface area contributed by atoms with E-state index in [2.05, 4.69) is 27.0 Å². The van der Waals surface area contributed by atoms with Crippen molar-refractivity contribution < 1.29 is 4.74 Å². The summed E-state index contributed by atoms with van der Waals surface area (Å²) >= 11 is 4.75. The number of nitrogens with zero attached hydrogens (tertiary/aromatic N) is 2. The zero-order valence-electron chi connectivity index (χ0n) is 8.40.